The molecule has 11 nitrogen and oxygen atoms in total. The van der Waals surface area contributed by atoms with E-state index >= 15 is 0 Å². The molecule has 0 bridgehead atoms. The molecule has 0 saturated heterocycles. The van der Waals surface area contributed by atoms with Gasteiger partial charge in [-0.1, -0.05) is 24.3 Å². The van der Waals surface area contributed by atoms with Crippen LogP contribution in [-0.4, -0.2) is 41.4 Å². The van der Waals surface area contributed by atoms with Crippen molar-refractivity contribution in [3.63, 3.8) is 0 Å². The first-order valence-corrected chi connectivity index (χ1v) is 12.0. The van der Waals surface area contributed by atoms with Crippen molar-refractivity contribution in [3.05, 3.63) is 73.1 Å². The van der Waals surface area contributed by atoms with Crippen molar-refractivity contribution >= 4 is 36.3 Å². The molecule has 1 aromatic carbocycles. The summed E-state index contributed by atoms with van der Waals surface area (Å²) in [6.45, 7) is 1.26. The Morgan fingerprint density at radius 3 is 2.72 bits per heavy atom. The molecule has 0 radical (unpaired) electrons. The van der Waals surface area contributed by atoms with E-state index in [2.05, 4.69) is 14.8 Å². The summed E-state index contributed by atoms with van der Waals surface area (Å²) in [5.41, 5.74) is -1.11. The molecule has 4 unspecified atom stereocenters. The normalized spacial score (nSPS) is 20.5. The highest BCUT2D eigenvalue weighted by Crippen LogP contribution is 2.45. The maximum Gasteiger partial charge on any atom is 0.459 e. The van der Waals surface area contributed by atoms with Crippen LogP contribution in [0.15, 0.2) is 58.3 Å². The Labute approximate surface area is 196 Å². The van der Waals surface area contributed by atoms with E-state index in [9.17, 15) is 18.9 Å². The predicted molar refractivity (Wildman–Crippen MR) is 122 cm³/mol. The van der Waals surface area contributed by atoms with Gasteiger partial charge in [-0.2, -0.15) is 5.09 Å². The number of carbonyl (C=O) groups excluding carboxylic acids is 1. The monoisotopic (exact) mass is 577 g/mol. The molecule has 2 aromatic rings. The maximum atomic E-state index is 13.3. The zero-order valence-electron chi connectivity index (χ0n) is 17.1. The number of nitrogens with zero attached hydrogens (tertiary/aromatic N) is 1. The van der Waals surface area contributed by atoms with Crippen LogP contribution in [0.5, 0.6) is 5.75 Å². The minimum Gasteiger partial charge on any atom is -0.468 e. The number of hydrogen-bond acceptors (Lipinski definition) is 8. The standard InChI is InChI=1S/C19H21IN3O8P/c1-12(18(25)28-2)22-32(27,31-13-6-4-3-5-7-13)29-11-14-8-9-16(30-14)23-10-15(20)17(24)21-19(23)26/h3-10,12,14,16H,11H2,1-2H3,(H,22,27)(H,21,24,26). The number of H-pyrrole nitrogens is 1. The molecule has 172 valence electrons. The van der Waals surface area contributed by atoms with Gasteiger partial charge in [0.1, 0.15) is 17.9 Å². The van der Waals surface area contributed by atoms with Crippen molar-refractivity contribution < 1.29 is 27.9 Å². The number of ether oxygens (including phenoxy) is 2. The first-order chi connectivity index (χ1) is 15.2. The van der Waals surface area contributed by atoms with E-state index in [0.29, 0.717) is 3.57 Å². The van der Waals surface area contributed by atoms with E-state index in [1.54, 1.807) is 42.5 Å². The molecule has 1 aliphatic rings. The Kier molecular flexibility index (Phi) is 8.06. The van der Waals surface area contributed by atoms with Gasteiger partial charge in [0.25, 0.3) is 5.56 Å². The fourth-order valence-electron chi connectivity index (χ4n) is 2.74. The van der Waals surface area contributed by atoms with Gasteiger partial charge in [-0.15, -0.1) is 0 Å². The zero-order valence-corrected chi connectivity index (χ0v) is 20.1. The van der Waals surface area contributed by atoms with Crippen molar-refractivity contribution in [2.75, 3.05) is 13.7 Å². The Morgan fingerprint density at radius 2 is 2.03 bits per heavy atom. The quantitative estimate of drug-likeness (QED) is 0.198. The Bertz CT molecular complexity index is 1150. The van der Waals surface area contributed by atoms with Crippen LogP contribution in [0.2, 0.25) is 0 Å². The van der Waals surface area contributed by atoms with Crippen LogP contribution in [0.1, 0.15) is 13.2 Å². The third-order valence-electron chi connectivity index (χ3n) is 4.29. The summed E-state index contributed by atoms with van der Waals surface area (Å²) < 4.78 is 36.3. The second-order valence-corrected chi connectivity index (χ2v) is 9.52. The van der Waals surface area contributed by atoms with E-state index in [1.165, 1.54) is 24.8 Å². The minimum absolute atomic E-state index is 0.201. The molecule has 13 heteroatoms. The Hall–Kier alpha value is -2.25. The zero-order chi connectivity index (χ0) is 23.3. The molecule has 0 aliphatic carbocycles. The van der Waals surface area contributed by atoms with Gasteiger partial charge in [0.15, 0.2) is 6.23 Å². The number of aromatic nitrogens is 2. The third-order valence-corrected chi connectivity index (χ3v) is 6.70. The highest BCUT2D eigenvalue weighted by atomic mass is 127. The molecule has 4 atom stereocenters. The first kappa shape index (κ1) is 24.4. The van der Waals surface area contributed by atoms with Crippen molar-refractivity contribution in [3.8, 4) is 5.75 Å². The van der Waals surface area contributed by atoms with Gasteiger partial charge in [0.05, 0.1) is 17.3 Å². The molecule has 2 heterocycles. The summed E-state index contributed by atoms with van der Waals surface area (Å²) in [6, 6.07) is 7.36. The number of halogens is 1. The number of benzene rings is 1. The first-order valence-electron chi connectivity index (χ1n) is 9.40. The molecule has 1 aromatic heterocycles. The van der Waals surface area contributed by atoms with Gasteiger partial charge in [0.2, 0.25) is 0 Å². The molecule has 3 rings (SSSR count). The van der Waals surface area contributed by atoms with Crippen LogP contribution in [0, 0.1) is 3.57 Å². The summed E-state index contributed by atoms with van der Waals surface area (Å²) in [7, 11) is -2.80. The molecule has 2 N–H and O–H groups in total. The Balaban J connectivity index is 1.69. The number of hydrogen-bond donors (Lipinski definition) is 2. The lowest BCUT2D eigenvalue weighted by molar-refractivity contribution is -0.142. The second kappa shape index (κ2) is 10.6. The number of methoxy groups -OCH3 is 1. The van der Waals surface area contributed by atoms with Crippen molar-refractivity contribution in [1.82, 2.24) is 14.6 Å². The van der Waals surface area contributed by atoms with Gasteiger partial charge in [-0.05, 0) is 47.7 Å². The summed E-state index contributed by atoms with van der Waals surface area (Å²) >= 11 is 1.81. The molecule has 0 fully saturated rings. The van der Waals surface area contributed by atoms with E-state index in [0.717, 1.165) is 0 Å². The van der Waals surface area contributed by atoms with Gasteiger partial charge >= 0.3 is 19.4 Å². The number of aromatic amines is 1. The number of rotatable bonds is 9. The average molecular weight is 577 g/mol. The number of para-hydroxylation sites is 1. The van der Waals surface area contributed by atoms with E-state index in [4.69, 9.17) is 13.8 Å². The summed E-state index contributed by atoms with van der Waals surface area (Å²) in [5.74, 6) is -0.370. The molecule has 0 saturated carbocycles. The number of carbonyl (C=O) groups is 1. The Morgan fingerprint density at radius 1 is 1.31 bits per heavy atom. The molecule has 1 aliphatic heterocycles. The van der Waals surface area contributed by atoms with Crippen LogP contribution >= 0.6 is 30.3 Å². The smallest absolute Gasteiger partial charge is 0.459 e. The molecule has 0 amide bonds. The number of nitrogens with one attached hydrogen (secondary N) is 2. The van der Waals surface area contributed by atoms with Crippen LogP contribution in [0.25, 0.3) is 0 Å². The second-order valence-electron chi connectivity index (χ2n) is 6.67. The lowest BCUT2D eigenvalue weighted by Crippen LogP contribution is -2.35. The third kappa shape index (κ3) is 6.17. The average Bonchev–Trinajstić information content (AvgIpc) is 3.23. The minimum atomic E-state index is -4.01. The lowest BCUT2D eigenvalue weighted by atomic mass is 10.3. The fraction of sp³-hybridized carbons (Fsp3) is 0.316. The van der Waals surface area contributed by atoms with Gasteiger partial charge < -0.3 is 14.0 Å². The van der Waals surface area contributed by atoms with Crippen molar-refractivity contribution in [2.24, 2.45) is 0 Å². The van der Waals surface area contributed by atoms with Crippen LogP contribution in [-0.2, 0) is 23.4 Å². The molecule has 32 heavy (non-hydrogen) atoms. The largest absolute Gasteiger partial charge is 0.468 e. The van der Waals surface area contributed by atoms with Gasteiger partial charge in [-0.3, -0.25) is 23.7 Å². The summed E-state index contributed by atoms with van der Waals surface area (Å²) in [5, 5.41) is 2.54. The SMILES string of the molecule is COC(=O)C(C)NP(=O)(OCC1C=CC(n2cc(I)c(=O)[nH]c2=O)O1)Oc1ccccc1. The predicted octanol–water partition coefficient (Wildman–Crippen LogP) is 1.95. The lowest BCUT2D eigenvalue weighted by Gasteiger charge is -2.24. The molecular weight excluding hydrogens is 556 g/mol. The van der Waals surface area contributed by atoms with E-state index in [-0.39, 0.29) is 12.4 Å². The topological polar surface area (TPSA) is 138 Å². The molecular formula is C19H21IN3O8P. The van der Waals surface area contributed by atoms with Gasteiger partial charge in [0, 0.05) is 6.20 Å². The van der Waals surface area contributed by atoms with Crippen LogP contribution < -0.4 is 20.9 Å². The summed E-state index contributed by atoms with van der Waals surface area (Å²) in [6.07, 6.45) is 3.17. The molecule has 0 spiro atoms. The van der Waals surface area contributed by atoms with Crippen LogP contribution in [0.4, 0.5) is 0 Å². The van der Waals surface area contributed by atoms with Crippen molar-refractivity contribution in [2.45, 2.75) is 25.3 Å². The van der Waals surface area contributed by atoms with Crippen LogP contribution in [0.3, 0.4) is 0 Å². The van der Waals surface area contributed by atoms with Crippen molar-refractivity contribution in [1.29, 1.82) is 0 Å². The number of esters is 1. The fourth-order valence-corrected chi connectivity index (χ4v) is 4.68. The van der Waals surface area contributed by atoms with Gasteiger partial charge in [-0.25, -0.2) is 9.36 Å². The summed E-state index contributed by atoms with van der Waals surface area (Å²) in [4.78, 5) is 37.6. The highest BCUT2D eigenvalue weighted by Gasteiger charge is 2.34. The van der Waals surface area contributed by atoms with E-state index in [1.807, 2.05) is 22.6 Å². The van der Waals surface area contributed by atoms with E-state index < -0.39 is 43.3 Å². The highest BCUT2D eigenvalue weighted by molar-refractivity contribution is 14.1. The maximum absolute atomic E-state index is 13.3.